The standard InChI is InChI=1S/C38H44F2N4O4/c1-4-8-24-9-7-10-25(19-24)34(11-5-6-16-38(2,3)35(45)23-41)44-18-15-32(43-44)29-20-26(12-13-30(29)39)48-37-28(21-36(46)47)27-14-17-42-33(27)22-31(37)40/h7,9-10,12-15,17-20,22,34-35,42,45H,4-6,8,11,16,21,23,41H2,1-3H3,(H,46,47). The van der Waals surface area contributed by atoms with Gasteiger partial charge in [0.2, 0.25) is 0 Å². The maximum Gasteiger partial charge on any atom is 0.307 e. The zero-order valence-electron chi connectivity index (χ0n) is 27.7. The monoisotopic (exact) mass is 658 g/mol. The number of carbonyl (C=O) groups is 1. The number of fused-ring (bicyclic) bond motifs is 1. The number of carboxylic acids is 1. The summed E-state index contributed by atoms with van der Waals surface area (Å²) in [5.41, 5.74) is 8.96. The zero-order chi connectivity index (χ0) is 34.4. The predicted molar refractivity (Wildman–Crippen MR) is 183 cm³/mol. The molecule has 0 radical (unpaired) electrons. The number of nitrogens with one attached hydrogen (secondary N) is 1. The summed E-state index contributed by atoms with van der Waals surface area (Å²) in [5, 5.41) is 25.2. The summed E-state index contributed by atoms with van der Waals surface area (Å²) in [6.45, 7) is 6.43. The highest BCUT2D eigenvalue weighted by Gasteiger charge is 2.27. The van der Waals surface area contributed by atoms with Crippen LogP contribution in [0.15, 0.2) is 73.1 Å². The van der Waals surface area contributed by atoms with E-state index in [0.717, 1.165) is 44.1 Å². The summed E-state index contributed by atoms with van der Waals surface area (Å²) in [6.07, 6.45) is 7.78. The van der Waals surface area contributed by atoms with E-state index in [2.05, 4.69) is 36.2 Å². The van der Waals surface area contributed by atoms with Crippen LogP contribution in [0.4, 0.5) is 8.78 Å². The Balaban J connectivity index is 1.43. The van der Waals surface area contributed by atoms with Crippen LogP contribution in [-0.2, 0) is 17.6 Å². The van der Waals surface area contributed by atoms with Gasteiger partial charge in [-0.2, -0.15) is 5.10 Å². The van der Waals surface area contributed by atoms with E-state index in [1.165, 1.54) is 29.8 Å². The molecule has 254 valence electrons. The van der Waals surface area contributed by atoms with Crippen molar-refractivity contribution >= 4 is 16.9 Å². The fraction of sp³-hybridized carbons (Fsp3) is 0.368. The third-order valence-electron chi connectivity index (χ3n) is 9.10. The molecule has 8 nitrogen and oxygen atoms in total. The molecule has 0 saturated heterocycles. The summed E-state index contributed by atoms with van der Waals surface area (Å²) in [4.78, 5) is 14.5. The van der Waals surface area contributed by atoms with Crippen molar-refractivity contribution in [3.8, 4) is 22.8 Å². The smallest absolute Gasteiger partial charge is 0.307 e. The van der Waals surface area contributed by atoms with E-state index >= 15 is 8.78 Å². The molecule has 2 aromatic heterocycles. The predicted octanol–water partition coefficient (Wildman–Crippen LogP) is 8.18. The van der Waals surface area contributed by atoms with Crippen LogP contribution >= 0.6 is 0 Å². The van der Waals surface area contributed by atoms with Crippen molar-refractivity contribution in [2.45, 2.75) is 77.9 Å². The Bertz CT molecular complexity index is 1860. The Hall–Kier alpha value is -4.54. The van der Waals surface area contributed by atoms with Crippen LogP contribution in [0.5, 0.6) is 11.5 Å². The van der Waals surface area contributed by atoms with Crippen molar-refractivity contribution in [3.05, 3.63) is 101 Å². The molecule has 0 aliphatic carbocycles. The fourth-order valence-electron chi connectivity index (χ4n) is 6.30. The summed E-state index contributed by atoms with van der Waals surface area (Å²) in [5.74, 6) is -2.47. The third-order valence-corrected chi connectivity index (χ3v) is 9.10. The average Bonchev–Trinajstić information content (AvgIpc) is 3.73. The fourth-order valence-corrected chi connectivity index (χ4v) is 6.30. The minimum Gasteiger partial charge on any atom is -0.481 e. The van der Waals surface area contributed by atoms with E-state index in [-0.39, 0.29) is 40.6 Å². The third kappa shape index (κ3) is 7.94. The van der Waals surface area contributed by atoms with Crippen LogP contribution in [0, 0.1) is 17.0 Å². The molecular formula is C38H44F2N4O4. The SMILES string of the molecule is CCCc1cccc(C(CCCCC(C)(C)C(O)CN)n2ccc(-c3cc(Oc4c(F)cc5[nH]ccc5c4CC(=O)O)ccc3F)n2)c1. The number of nitrogens with zero attached hydrogens (tertiary/aromatic N) is 2. The molecule has 0 aliphatic heterocycles. The second kappa shape index (κ2) is 15.1. The van der Waals surface area contributed by atoms with Crippen molar-refractivity contribution in [1.82, 2.24) is 14.8 Å². The molecule has 0 bridgehead atoms. The number of unbranched alkanes of at least 4 members (excludes halogenated alkanes) is 1. The summed E-state index contributed by atoms with van der Waals surface area (Å²) < 4.78 is 38.4. The first-order chi connectivity index (χ1) is 23.0. The number of carboxylic acid groups (broad SMARTS) is 1. The lowest BCUT2D eigenvalue weighted by Crippen LogP contribution is -2.35. The van der Waals surface area contributed by atoms with Gasteiger partial charge in [0.05, 0.1) is 24.3 Å². The van der Waals surface area contributed by atoms with Gasteiger partial charge in [-0.25, -0.2) is 8.78 Å². The van der Waals surface area contributed by atoms with E-state index in [9.17, 15) is 15.0 Å². The number of aromatic nitrogens is 3. The first-order valence-electron chi connectivity index (χ1n) is 16.5. The van der Waals surface area contributed by atoms with Gasteiger partial charge in [-0.1, -0.05) is 64.3 Å². The van der Waals surface area contributed by atoms with Crippen molar-refractivity contribution in [2.75, 3.05) is 6.54 Å². The Morgan fingerprint density at radius 1 is 1.08 bits per heavy atom. The maximum absolute atomic E-state index is 15.3. The number of aromatic amines is 1. The summed E-state index contributed by atoms with van der Waals surface area (Å²) in [7, 11) is 0. The Labute approximate surface area is 279 Å². The average molecular weight is 659 g/mol. The lowest BCUT2D eigenvalue weighted by Gasteiger charge is -2.30. The molecule has 48 heavy (non-hydrogen) atoms. The van der Waals surface area contributed by atoms with Gasteiger partial charge in [-0.15, -0.1) is 0 Å². The molecule has 2 atom stereocenters. The van der Waals surface area contributed by atoms with Crippen LogP contribution < -0.4 is 10.5 Å². The number of aliphatic hydroxyl groups is 1. The lowest BCUT2D eigenvalue weighted by atomic mass is 9.81. The molecule has 10 heteroatoms. The number of nitrogens with two attached hydrogens (primary N) is 1. The highest BCUT2D eigenvalue weighted by Crippen LogP contribution is 2.37. The minimum atomic E-state index is -1.13. The lowest BCUT2D eigenvalue weighted by molar-refractivity contribution is -0.136. The van der Waals surface area contributed by atoms with Gasteiger partial charge in [-0.3, -0.25) is 9.48 Å². The molecular weight excluding hydrogens is 614 g/mol. The topological polar surface area (TPSA) is 126 Å². The molecule has 5 aromatic rings. The molecule has 5 N–H and O–H groups in total. The van der Waals surface area contributed by atoms with Crippen molar-refractivity contribution in [2.24, 2.45) is 11.1 Å². The van der Waals surface area contributed by atoms with Crippen LogP contribution in [0.3, 0.4) is 0 Å². The number of hydrogen-bond donors (Lipinski definition) is 4. The molecule has 5 rings (SSSR count). The number of benzene rings is 3. The van der Waals surface area contributed by atoms with Crippen molar-refractivity contribution in [1.29, 1.82) is 0 Å². The van der Waals surface area contributed by atoms with Gasteiger partial charge in [0, 0.05) is 47.0 Å². The highest BCUT2D eigenvalue weighted by molar-refractivity contribution is 5.89. The number of aliphatic carboxylic acids is 1. The number of rotatable bonds is 16. The van der Waals surface area contributed by atoms with E-state index in [1.807, 2.05) is 24.7 Å². The molecule has 2 unspecified atom stereocenters. The van der Waals surface area contributed by atoms with Gasteiger partial charge in [0.25, 0.3) is 0 Å². The van der Waals surface area contributed by atoms with Crippen LogP contribution in [0.2, 0.25) is 0 Å². The largest absolute Gasteiger partial charge is 0.481 e. The van der Waals surface area contributed by atoms with E-state index in [0.29, 0.717) is 16.6 Å². The van der Waals surface area contributed by atoms with Crippen molar-refractivity contribution in [3.63, 3.8) is 0 Å². The Kier molecular flexibility index (Phi) is 11.0. The number of H-pyrrole nitrogens is 1. The molecule has 0 fully saturated rings. The van der Waals surface area contributed by atoms with Crippen molar-refractivity contribution < 1.29 is 28.5 Å². The number of ether oxygens (including phenoxy) is 1. The zero-order valence-corrected chi connectivity index (χ0v) is 27.7. The summed E-state index contributed by atoms with van der Waals surface area (Å²) >= 11 is 0. The molecule has 2 heterocycles. The highest BCUT2D eigenvalue weighted by atomic mass is 19.1. The Morgan fingerprint density at radius 3 is 2.65 bits per heavy atom. The van der Waals surface area contributed by atoms with Crippen LogP contribution in [0.1, 0.15) is 75.6 Å². The van der Waals surface area contributed by atoms with Gasteiger partial charge in [0.15, 0.2) is 11.6 Å². The van der Waals surface area contributed by atoms with E-state index in [4.69, 9.17) is 15.6 Å². The Morgan fingerprint density at radius 2 is 1.90 bits per heavy atom. The van der Waals surface area contributed by atoms with Crippen LogP contribution in [0.25, 0.3) is 22.2 Å². The normalized spacial score (nSPS) is 13.1. The first kappa shape index (κ1) is 34.8. The molecule has 3 aromatic carbocycles. The minimum absolute atomic E-state index is 0.110. The van der Waals surface area contributed by atoms with E-state index in [1.54, 1.807) is 18.3 Å². The first-order valence-corrected chi connectivity index (χ1v) is 16.5. The molecule has 0 saturated carbocycles. The number of hydrogen-bond acceptors (Lipinski definition) is 5. The number of aryl methyl sites for hydroxylation is 1. The molecule has 0 aliphatic rings. The molecule has 0 spiro atoms. The van der Waals surface area contributed by atoms with Crippen LogP contribution in [-0.4, -0.2) is 43.6 Å². The van der Waals surface area contributed by atoms with Gasteiger partial charge < -0.3 is 25.7 Å². The molecule has 0 amide bonds. The maximum atomic E-state index is 15.3. The van der Waals surface area contributed by atoms with Gasteiger partial charge >= 0.3 is 5.97 Å². The summed E-state index contributed by atoms with van der Waals surface area (Å²) in [6, 6.07) is 17.1. The number of aliphatic hydroxyl groups excluding tert-OH is 1. The second-order valence-corrected chi connectivity index (χ2v) is 13.1. The van der Waals surface area contributed by atoms with E-state index < -0.39 is 30.1 Å². The second-order valence-electron chi connectivity index (χ2n) is 13.1. The van der Waals surface area contributed by atoms with Gasteiger partial charge in [0.1, 0.15) is 11.6 Å². The van der Waals surface area contributed by atoms with Gasteiger partial charge in [-0.05, 0) is 66.1 Å². The quantitative estimate of drug-likeness (QED) is 0.0793. The number of halogens is 2.